The molecule has 2 N–H and O–H groups in total. The lowest BCUT2D eigenvalue weighted by Gasteiger charge is -2.06. The van der Waals surface area contributed by atoms with E-state index in [2.05, 4.69) is 20.2 Å². The zero-order valence-corrected chi connectivity index (χ0v) is 16.5. The number of carbonyl (C=O) groups excluding carboxylic acids is 2. The predicted octanol–water partition coefficient (Wildman–Crippen LogP) is 3.50. The number of aromatic nitrogens is 2. The first-order valence-corrected chi connectivity index (χ1v) is 10.3. The Morgan fingerprint density at radius 1 is 1.17 bits per heavy atom. The van der Waals surface area contributed by atoms with Crippen LogP contribution in [0.25, 0.3) is 21.1 Å². The molecule has 0 atom stereocenters. The molecule has 0 radical (unpaired) electrons. The molecule has 152 valence electrons. The molecular weight excluding hydrogens is 410 g/mol. The van der Waals surface area contributed by atoms with Crippen molar-refractivity contribution in [2.75, 3.05) is 18.4 Å². The molecule has 0 saturated heterocycles. The highest BCUT2D eigenvalue weighted by molar-refractivity contribution is 7.22. The van der Waals surface area contributed by atoms with Crippen LogP contribution in [0.1, 0.15) is 16.1 Å². The van der Waals surface area contributed by atoms with Crippen molar-refractivity contribution in [2.45, 2.75) is 13.0 Å². The van der Waals surface area contributed by atoms with Crippen molar-refractivity contribution in [1.82, 2.24) is 14.9 Å². The molecule has 0 aliphatic carbocycles. The van der Waals surface area contributed by atoms with Gasteiger partial charge in [0.25, 0.3) is 11.7 Å². The molecule has 0 unspecified atom stereocenters. The van der Waals surface area contributed by atoms with Crippen LogP contribution in [-0.2, 0) is 17.8 Å². The van der Waals surface area contributed by atoms with E-state index in [1.807, 2.05) is 24.3 Å². The zero-order valence-electron chi connectivity index (χ0n) is 15.7. The topological polar surface area (TPSA) is 76.0 Å². The highest BCUT2D eigenvalue weighted by atomic mass is 32.1. The van der Waals surface area contributed by atoms with Crippen molar-refractivity contribution < 1.29 is 18.4 Å². The lowest BCUT2D eigenvalue weighted by Crippen LogP contribution is -2.24. The van der Waals surface area contributed by atoms with Crippen molar-refractivity contribution in [2.24, 2.45) is 0 Å². The molecule has 1 aliphatic heterocycles. The van der Waals surface area contributed by atoms with E-state index in [1.165, 1.54) is 0 Å². The van der Waals surface area contributed by atoms with Crippen LogP contribution in [0.15, 0.2) is 36.4 Å². The van der Waals surface area contributed by atoms with Crippen molar-refractivity contribution in [3.8, 4) is 0 Å². The molecule has 0 bridgehead atoms. The molecule has 3 heterocycles. The molecule has 4 aromatic rings. The summed E-state index contributed by atoms with van der Waals surface area (Å²) in [4.78, 5) is 29.9. The standard InChI is InChI=1S/C21H16F2N4O2S/c22-11-9-13(23)18-16(10-11)30-21(25-18)26-20(29)19(28)17-12-3-1-2-4-14(12)27-8-7-24-6-5-15(17)27/h1-4,9-10,24H,5-8H2,(H,25,26,29). The Morgan fingerprint density at radius 3 is 2.87 bits per heavy atom. The number of hydrogen-bond donors (Lipinski definition) is 2. The van der Waals surface area contributed by atoms with Crippen LogP contribution in [0.3, 0.4) is 0 Å². The van der Waals surface area contributed by atoms with Crippen molar-refractivity contribution >= 4 is 49.3 Å². The highest BCUT2D eigenvalue weighted by Crippen LogP contribution is 2.30. The number of anilines is 1. The third-order valence-electron chi connectivity index (χ3n) is 5.20. The van der Waals surface area contributed by atoms with Gasteiger partial charge in [-0.05, 0) is 12.1 Å². The van der Waals surface area contributed by atoms with Gasteiger partial charge in [-0.15, -0.1) is 0 Å². The zero-order chi connectivity index (χ0) is 20.8. The number of rotatable bonds is 3. The molecule has 0 spiro atoms. The third-order valence-corrected chi connectivity index (χ3v) is 6.11. The van der Waals surface area contributed by atoms with Crippen LogP contribution in [-0.4, -0.2) is 34.3 Å². The van der Waals surface area contributed by atoms with E-state index in [1.54, 1.807) is 0 Å². The van der Waals surface area contributed by atoms with Crippen molar-refractivity contribution in [3.05, 3.63) is 59.3 Å². The molecular formula is C21H16F2N4O2S. The average Bonchev–Trinajstić information content (AvgIpc) is 3.16. The van der Waals surface area contributed by atoms with E-state index in [4.69, 9.17) is 0 Å². The van der Waals surface area contributed by atoms with Gasteiger partial charge in [-0.1, -0.05) is 29.5 Å². The van der Waals surface area contributed by atoms with Gasteiger partial charge >= 0.3 is 0 Å². The molecule has 2 aromatic carbocycles. The fourth-order valence-electron chi connectivity index (χ4n) is 3.93. The summed E-state index contributed by atoms with van der Waals surface area (Å²) in [6.07, 6.45) is 0.620. The molecule has 0 saturated carbocycles. The van der Waals surface area contributed by atoms with Gasteiger partial charge in [0.15, 0.2) is 10.9 Å². The molecule has 0 fully saturated rings. The van der Waals surface area contributed by atoms with Crippen molar-refractivity contribution in [1.29, 1.82) is 0 Å². The first-order valence-electron chi connectivity index (χ1n) is 9.45. The van der Waals surface area contributed by atoms with Gasteiger partial charge in [0.1, 0.15) is 11.3 Å². The minimum atomic E-state index is -0.855. The first kappa shape index (κ1) is 18.8. The van der Waals surface area contributed by atoms with Gasteiger partial charge in [-0.2, -0.15) is 0 Å². The minimum absolute atomic E-state index is 0.0431. The summed E-state index contributed by atoms with van der Waals surface area (Å²) in [6, 6.07) is 9.37. The van der Waals surface area contributed by atoms with Crippen LogP contribution in [0.2, 0.25) is 0 Å². The summed E-state index contributed by atoms with van der Waals surface area (Å²) in [6.45, 7) is 2.19. The summed E-state index contributed by atoms with van der Waals surface area (Å²) < 4.78 is 29.6. The maximum atomic E-state index is 13.9. The largest absolute Gasteiger partial charge is 0.343 e. The Hall–Kier alpha value is -3.17. The van der Waals surface area contributed by atoms with Crippen LogP contribution in [0.4, 0.5) is 13.9 Å². The Bertz CT molecular complexity index is 1330. The molecule has 1 amide bonds. The van der Waals surface area contributed by atoms with E-state index in [0.717, 1.165) is 46.6 Å². The van der Waals surface area contributed by atoms with E-state index in [0.29, 0.717) is 25.1 Å². The van der Waals surface area contributed by atoms with Crippen LogP contribution in [0.5, 0.6) is 0 Å². The van der Waals surface area contributed by atoms with Gasteiger partial charge in [0, 0.05) is 48.7 Å². The summed E-state index contributed by atoms with van der Waals surface area (Å²) >= 11 is 0.914. The second kappa shape index (κ2) is 7.26. The van der Waals surface area contributed by atoms with Gasteiger partial charge in [-0.25, -0.2) is 13.8 Å². The summed E-state index contributed by atoms with van der Waals surface area (Å²) in [5.41, 5.74) is 2.06. The van der Waals surface area contributed by atoms with Gasteiger partial charge in [-0.3, -0.25) is 14.9 Å². The Kier molecular flexibility index (Phi) is 4.56. The molecule has 30 heavy (non-hydrogen) atoms. The number of benzene rings is 2. The van der Waals surface area contributed by atoms with Crippen LogP contribution >= 0.6 is 11.3 Å². The first-order chi connectivity index (χ1) is 14.5. The number of para-hydroxylation sites is 1. The minimum Gasteiger partial charge on any atom is -0.343 e. The van der Waals surface area contributed by atoms with Gasteiger partial charge in [0.2, 0.25) is 0 Å². The SMILES string of the molecule is O=C(Nc1nc2c(F)cc(F)cc2s1)C(=O)c1c2n(c3ccccc13)CCNCC2. The Morgan fingerprint density at radius 2 is 2.00 bits per heavy atom. The number of hydrogen-bond acceptors (Lipinski definition) is 5. The van der Waals surface area contributed by atoms with Gasteiger partial charge in [0.05, 0.1) is 10.3 Å². The molecule has 5 rings (SSSR count). The fraction of sp³-hybridized carbons (Fsp3) is 0.190. The quantitative estimate of drug-likeness (QED) is 0.388. The summed E-state index contributed by atoms with van der Waals surface area (Å²) in [5.74, 6) is -3.07. The van der Waals surface area contributed by atoms with Crippen molar-refractivity contribution in [3.63, 3.8) is 0 Å². The van der Waals surface area contributed by atoms with Crippen LogP contribution in [0, 0.1) is 11.6 Å². The van der Waals surface area contributed by atoms with E-state index in [-0.39, 0.29) is 15.3 Å². The summed E-state index contributed by atoms with van der Waals surface area (Å²) in [7, 11) is 0. The highest BCUT2D eigenvalue weighted by Gasteiger charge is 2.28. The fourth-order valence-corrected chi connectivity index (χ4v) is 4.83. The second-order valence-electron chi connectivity index (χ2n) is 7.03. The molecule has 1 aliphatic rings. The number of thiazole rings is 1. The second-order valence-corrected chi connectivity index (χ2v) is 8.06. The number of ketones is 1. The molecule has 9 heteroatoms. The lowest BCUT2D eigenvalue weighted by atomic mass is 10.0. The number of nitrogens with one attached hydrogen (secondary N) is 2. The summed E-state index contributed by atoms with van der Waals surface area (Å²) in [5, 5.41) is 6.53. The smallest absolute Gasteiger partial charge is 0.298 e. The maximum absolute atomic E-state index is 13.9. The monoisotopic (exact) mass is 426 g/mol. The average molecular weight is 426 g/mol. The number of amides is 1. The number of halogens is 2. The number of nitrogens with zero attached hydrogens (tertiary/aromatic N) is 2. The normalized spacial score (nSPS) is 13.9. The number of carbonyl (C=O) groups is 2. The Balaban J connectivity index is 1.52. The Labute approximate surface area is 173 Å². The van der Waals surface area contributed by atoms with E-state index < -0.39 is 23.3 Å². The molecule has 2 aromatic heterocycles. The predicted molar refractivity (Wildman–Crippen MR) is 111 cm³/mol. The molecule has 6 nitrogen and oxygen atoms in total. The van der Waals surface area contributed by atoms with Crippen LogP contribution < -0.4 is 10.6 Å². The lowest BCUT2D eigenvalue weighted by molar-refractivity contribution is -0.112. The third kappa shape index (κ3) is 3.06. The number of fused-ring (bicyclic) bond motifs is 4. The number of Topliss-reactive ketones (excluding diaryl/α,β-unsaturated/α-hetero) is 1. The van der Waals surface area contributed by atoms with E-state index >= 15 is 0 Å². The maximum Gasteiger partial charge on any atom is 0.298 e. The van der Waals surface area contributed by atoms with E-state index in [9.17, 15) is 18.4 Å². The van der Waals surface area contributed by atoms with Gasteiger partial charge < -0.3 is 9.88 Å².